The van der Waals surface area contributed by atoms with Crippen molar-refractivity contribution >= 4 is 31.4 Å². The second-order valence-electron chi connectivity index (χ2n) is 6.96. The SMILES string of the molecule is Cc1ccc(S(=O)(=O)C2=C/C(=N\S(=O)(=O)c3ccccc3)c3ccccc3C2=O)cc1. The smallest absolute Gasteiger partial charge is 0.282 e. The molecule has 31 heavy (non-hydrogen) atoms. The molecule has 0 atom stereocenters. The predicted molar refractivity (Wildman–Crippen MR) is 117 cm³/mol. The molecule has 0 unspecified atom stereocenters. The zero-order valence-corrected chi connectivity index (χ0v) is 18.0. The van der Waals surface area contributed by atoms with Crippen molar-refractivity contribution in [2.24, 2.45) is 4.40 Å². The number of fused-ring (bicyclic) bond motifs is 1. The normalized spacial score (nSPS) is 15.5. The molecule has 1 aliphatic rings. The topological polar surface area (TPSA) is 97.7 Å². The molecular formula is C23H17NO5S2. The van der Waals surface area contributed by atoms with Crippen molar-refractivity contribution in [3.63, 3.8) is 0 Å². The fraction of sp³-hybridized carbons (Fsp3) is 0.0435. The van der Waals surface area contributed by atoms with Crippen LogP contribution in [0, 0.1) is 6.92 Å². The van der Waals surface area contributed by atoms with Gasteiger partial charge in [-0.05, 0) is 37.3 Å². The molecule has 0 spiro atoms. The van der Waals surface area contributed by atoms with Gasteiger partial charge in [0.25, 0.3) is 10.0 Å². The van der Waals surface area contributed by atoms with E-state index in [1.54, 1.807) is 48.5 Å². The molecule has 0 radical (unpaired) electrons. The van der Waals surface area contributed by atoms with E-state index in [0.29, 0.717) is 0 Å². The van der Waals surface area contributed by atoms with Gasteiger partial charge in [0.05, 0.1) is 15.5 Å². The summed E-state index contributed by atoms with van der Waals surface area (Å²) in [5.41, 5.74) is 1.10. The van der Waals surface area contributed by atoms with Gasteiger partial charge in [0, 0.05) is 11.1 Å². The largest absolute Gasteiger partial charge is 0.288 e. The fourth-order valence-corrected chi connectivity index (χ4v) is 5.58. The maximum absolute atomic E-state index is 13.2. The molecule has 3 aromatic rings. The van der Waals surface area contributed by atoms with Crippen LogP contribution in [-0.2, 0) is 19.9 Å². The van der Waals surface area contributed by atoms with Crippen molar-refractivity contribution in [3.05, 3.63) is 107 Å². The lowest BCUT2D eigenvalue weighted by Crippen LogP contribution is -2.23. The minimum absolute atomic E-state index is 0.0341. The summed E-state index contributed by atoms with van der Waals surface area (Å²) in [6.07, 6.45) is 1.04. The van der Waals surface area contributed by atoms with Gasteiger partial charge in [-0.3, -0.25) is 4.79 Å². The van der Waals surface area contributed by atoms with E-state index in [-0.39, 0.29) is 26.6 Å². The quantitative estimate of drug-likeness (QED) is 0.602. The standard InChI is InChI=1S/C23H17NO5S2/c1-16-11-13-17(14-12-16)30(26,27)22-15-21(19-9-5-6-10-20(19)23(22)25)24-31(28,29)18-7-3-2-4-8-18/h2-15H,1H3/b24-21+. The summed E-state index contributed by atoms with van der Waals surface area (Å²) in [7, 11) is -8.31. The predicted octanol–water partition coefficient (Wildman–Crippen LogP) is 3.73. The molecule has 0 N–H and O–H groups in total. The number of aryl methyl sites for hydroxylation is 1. The molecule has 6 nitrogen and oxygen atoms in total. The van der Waals surface area contributed by atoms with Gasteiger partial charge in [-0.2, -0.15) is 12.8 Å². The third kappa shape index (κ3) is 3.87. The molecule has 156 valence electrons. The molecule has 0 fully saturated rings. The van der Waals surface area contributed by atoms with Crippen molar-refractivity contribution in [1.82, 2.24) is 0 Å². The van der Waals surface area contributed by atoms with Gasteiger partial charge in [-0.1, -0.05) is 60.2 Å². The van der Waals surface area contributed by atoms with Crippen LogP contribution in [0.4, 0.5) is 0 Å². The Hall–Kier alpha value is -3.36. The van der Waals surface area contributed by atoms with Gasteiger partial charge >= 0.3 is 0 Å². The Morgan fingerprint density at radius 1 is 0.677 bits per heavy atom. The number of sulfone groups is 1. The van der Waals surface area contributed by atoms with Gasteiger partial charge in [-0.15, -0.1) is 0 Å². The van der Waals surface area contributed by atoms with Crippen LogP contribution in [0.2, 0.25) is 0 Å². The second-order valence-corrected chi connectivity index (χ2v) is 10.5. The summed E-state index contributed by atoms with van der Waals surface area (Å²) in [6.45, 7) is 1.82. The second kappa shape index (κ2) is 7.72. The molecule has 1 aliphatic carbocycles. The molecule has 8 heteroatoms. The molecule has 0 bridgehead atoms. The number of ketones is 1. The van der Waals surface area contributed by atoms with E-state index >= 15 is 0 Å². The number of nitrogens with zero attached hydrogens (tertiary/aromatic N) is 1. The summed E-state index contributed by atoms with van der Waals surface area (Å²) >= 11 is 0. The highest BCUT2D eigenvalue weighted by atomic mass is 32.2. The van der Waals surface area contributed by atoms with Crippen LogP contribution in [0.25, 0.3) is 0 Å². The summed E-state index contributed by atoms with van der Waals surface area (Å²) in [5, 5.41) is 0. The van der Waals surface area contributed by atoms with E-state index in [2.05, 4.69) is 4.40 Å². The lowest BCUT2D eigenvalue weighted by Gasteiger charge is -2.17. The van der Waals surface area contributed by atoms with Gasteiger partial charge in [0.15, 0.2) is 0 Å². The van der Waals surface area contributed by atoms with Gasteiger partial charge in [0.1, 0.15) is 4.91 Å². The summed E-state index contributed by atoms with van der Waals surface area (Å²) in [4.78, 5) is 12.4. The Bertz CT molecular complexity index is 1450. The van der Waals surface area contributed by atoms with E-state index in [4.69, 9.17) is 0 Å². The van der Waals surface area contributed by atoms with Gasteiger partial charge < -0.3 is 0 Å². The first-order valence-electron chi connectivity index (χ1n) is 9.28. The number of carbonyl (C=O) groups excluding carboxylic acids is 1. The highest BCUT2D eigenvalue weighted by molar-refractivity contribution is 7.96. The third-order valence-corrected chi connectivity index (χ3v) is 7.90. The zero-order chi connectivity index (χ0) is 22.2. The average molecular weight is 452 g/mol. The van der Waals surface area contributed by atoms with Crippen LogP contribution in [0.1, 0.15) is 21.5 Å². The molecule has 0 aliphatic heterocycles. The van der Waals surface area contributed by atoms with E-state index in [9.17, 15) is 21.6 Å². The summed E-state index contributed by atoms with van der Waals surface area (Å²) in [6, 6.07) is 19.9. The third-order valence-electron chi connectivity index (χ3n) is 4.82. The van der Waals surface area contributed by atoms with Crippen LogP contribution in [-0.4, -0.2) is 28.3 Å². The highest BCUT2D eigenvalue weighted by Crippen LogP contribution is 2.30. The van der Waals surface area contributed by atoms with Crippen molar-refractivity contribution in [2.75, 3.05) is 0 Å². The van der Waals surface area contributed by atoms with Gasteiger partial charge in [-0.25, -0.2) is 8.42 Å². The Morgan fingerprint density at radius 3 is 1.90 bits per heavy atom. The Labute approximate surface area is 180 Å². The van der Waals surface area contributed by atoms with Crippen LogP contribution in [0.3, 0.4) is 0 Å². The molecule has 0 aromatic heterocycles. The first kappa shape index (κ1) is 20.9. The lowest BCUT2D eigenvalue weighted by atomic mass is 9.94. The summed E-state index contributed by atoms with van der Waals surface area (Å²) in [5.74, 6) is -0.702. The Balaban J connectivity index is 1.93. The number of hydrogen-bond acceptors (Lipinski definition) is 5. The Kier molecular flexibility index (Phi) is 5.20. The van der Waals surface area contributed by atoms with Crippen molar-refractivity contribution < 1.29 is 21.6 Å². The van der Waals surface area contributed by atoms with E-state index in [1.165, 1.54) is 30.3 Å². The lowest BCUT2D eigenvalue weighted by molar-refractivity contribution is 0.104. The summed E-state index contributed by atoms with van der Waals surface area (Å²) < 4.78 is 55.9. The highest BCUT2D eigenvalue weighted by Gasteiger charge is 2.34. The number of carbonyl (C=O) groups is 1. The van der Waals surface area contributed by atoms with Crippen LogP contribution in [0.5, 0.6) is 0 Å². The van der Waals surface area contributed by atoms with Crippen molar-refractivity contribution in [1.29, 1.82) is 0 Å². The first-order valence-corrected chi connectivity index (χ1v) is 12.2. The number of benzene rings is 3. The number of sulfonamides is 1. The van der Waals surface area contributed by atoms with E-state index in [1.807, 2.05) is 6.92 Å². The number of Topliss-reactive ketones (excluding diaryl/α,β-unsaturated/α-hetero) is 1. The molecule has 0 heterocycles. The number of rotatable bonds is 4. The maximum Gasteiger partial charge on any atom is 0.282 e. The number of hydrogen-bond donors (Lipinski definition) is 0. The molecule has 4 rings (SSSR count). The molecule has 0 saturated heterocycles. The monoisotopic (exact) mass is 451 g/mol. The van der Waals surface area contributed by atoms with Gasteiger partial charge in [0.2, 0.25) is 15.6 Å². The molecule has 0 saturated carbocycles. The number of allylic oxidation sites excluding steroid dienone is 2. The zero-order valence-electron chi connectivity index (χ0n) is 16.4. The molecule has 3 aromatic carbocycles. The van der Waals surface area contributed by atoms with Crippen molar-refractivity contribution in [3.8, 4) is 0 Å². The fourth-order valence-electron chi connectivity index (χ4n) is 3.20. The van der Waals surface area contributed by atoms with Crippen LogP contribution < -0.4 is 0 Å². The minimum atomic E-state index is -4.19. The minimum Gasteiger partial charge on any atom is -0.288 e. The average Bonchev–Trinajstić information content (AvgIpc) is 2.76. The van der Waals surface area contributed by atoms with Crippen molar-refractivity contribution in [2.45, 2.75) is 16.7 Å². The van der Waals surface area contributed by atoms with E-state index < -0.39 is 30.5 Å². The Morgan fingerprint density at radius 2 is 1.26 bits per heavy atom. The molecular weight excluding hydrogens is 434 g/mol. The molecule has 0 amide bonds. The first-order chi connectivity index (χ1) is 14.7. The van der Waals surface area contributed by atoms with Crippen LogP contribution >= 0.6 is 0 Å². The maximum atomic E-state index is 13.2. The van der Waals surface area contributed by atoms with E-state index in [0.717, 1.165) is 11.6 Å². The van der Waals surface area contributed by atoms with Crippen LogP contribution in [0.15, 0.2) is 104 Å².